The first-order valence-electron chi connectivity index (χ1n) is 7.13. The highest BCUT2D eigenvalue weighted by molar-refractivity contribution is 7.92. The van der Waals surface area contributed by atoms with Gasteiger partial charge in [0.1, 0.15) is 6.07 Å². The molecule has 1 aromatic heterocycles. The number of hydrogen-bond donors (Lipinski definition) is 2. The molecule has 0 aliphatic rings. The molecule has 0 atom stereocenters. The molecule has 8 heteroatoms. The summed E-state index contributed by atoms with van der Waals surface area (Å²) < 4.78 is 26.2. The minimum atomic E-state index is -3.31. The molecule has 1 aromatic carbocycles. The quantitative estimate of drug-likeness (QED) is 0.807. The molecule has 1 heterocycles. The molecular weight excluding hydrogens is 314 g/mol. The summed E-state index contributed by atoms with van der Waals surface area (Å²) in [4.78, 5) is 7.96. The summed E-state index contributed by atoms with van der Waals surface area (Å²) in [6.07, 6.45) is 4.37. The lowest BCUT2D eigenvalue weighted by Gasteiger charge is -2.09. The molecule has 0 bridgehead atoms. The van der Waals surface area contributed by atoms with Gasteiger partial charge in [-0.05, 0) is 30.7 Å². The van der Waals surface area contributed by atoms with E-state index in [-0.39, 0.29) is 11.4 Å². The lowest BCUT2D eigenvalue weighted by Crippen LogP contribution is -2.16. The van der Waals surface area contributed by atoms with Crippen LogP contribution < -0.4 is 10.0 Å². The van der Waals surface area contributed by atoms with Crippen molar-refractivity contribution in [2.75, 3.05) is 15.8 Å². The number of nitriles is 1. The fourth-order valence-electron chi connectivity index (χ4n) is 1.83. The van der Waals surface area contributed by atoms with Crippen molar-refractivity contribution in [3.8, 4) is 6.07 Å². The van der Waals surface area contributed by atoms with Crippen LogP contribution in [0, 0.1) is 11.3 Å². The van der Waals surface area contributed by atoms with E-state index in [1.54, 1.807) is 24.3 Å². The molecule has 0 saturated heterocycles. The standard InChI is InChI=1S/C15H17N5O2S/c1-2-3-10-23(21,22)20-13-6-4-12(5-7-13)19-15-14(11-16)17-8-9-18-15/h4-9,20H,2-3,10H2,1H3,(H,18,19). The molecule has 0 aliphatic carbocycles. The molecule has 120 valence electrons. The first-order chi connectivity index (χ1) is 11.0. The van der Waals surface area contributed by atoms with Crippen LogP contribution in [-0.2, 0) is 10.0 Å². The van der Waals surface area contributed by atoms with E-state index >= 15 is 0 Å². The summed E-state index contributed by atoms with van der Waals surface area (Å²) in [5.74, 6) is 0.459. The summed E-state index contributed by atoms with van der Waals surface area (Å²) in [7, 11) is -3.31. The van der Waals surface area contributed by atoms with Crippen molar-refractivity contribution in [1.29, 1.82) is 5.26 Å². The fourth-order valence-corrected chi connectivity index (χ4v) is 3.10. The first kappa shape index (κ1) is 16.7. The van der Waals surface area contributed by atoms with E-state index < -0.39 is 10.0 Å². The molecule has 2 aromatic rings. The lowest BCUT2D eigenvalue weighted by molar-refractivity contribution is 0.598. The van der Waals surface area contributed by atoms with Crippen LogP contribution in [-0.4, -0.2) is 24.1 Å². The van der Waals surface area contributed by atoms with E-state index in [1.807, 2.05) is 13.0 Å². The largest absolute Gasteiger partial charge is 0.338 e. The van der Waals surface area contributed by atoms with Crippen LogP contribution in [0.3, 0.4) is 0 Å². The SMILES string of the molecule is CCCCS(=O)(=O)Nc1ccc(Nc2nccnc2C#N)cc1. The van der Waals surface area contributed by atoms with Crippen molar-refractivity contribution in [1.82, 2.24) is 9.97 Å². The van der Waals surface area contributed by atoms with E-state index in [9.17, 15) is 8.42 Å². The van der Waals surface area contributed by atoms with Gasteiger partial charge in [-0.1, -0.05) is 13.3 Å². The van der Waals surface area contributed by atoms with Gasteiger partial charge in [0.25, 0.3) is 0 Å². The van der Waals surface area contributed by atoms with E-state index in [1.165, 1.54) is 12.4 Å². The first-order valence-corrected chi connectivity index (χ1v) is 8.78. The normalized spacial score (nSPS) is 10.8. The van der Waals surface area contributed by atoms with Crippen LogP contribution in [0.1, 0.15) is 25.5 Å². The van der Waals surface area contributed by atoms with Crippen LogP contribution in [0.5, 0.6) is 0 Å². The van der Waals surface area contributed by atoms with Crippen LogP contribution in [0.4, 0.5) is 17.2 Å². The molecule has 23 heavy (non-hydrogen) atoms. The van der Waals surface area contributed by atoms with Gasteiger partial charge in [0, 0.05) is 23.8 Å². The molecule has 2 rings (SSSR count). The van der Waals surface area contributed by atoms with Gasteiger partial charge in [0.2, 0.25) is 10.0 Å². The minimum Gasteiger partial charge on any atom is -0.338 e. The molecule has 0 unspecified atom stereocenters. The highest BCUT2D eigenvalue weighted by Crippen LogP contribution is 2.19. The maximum absolute atomic E-state index is 11.8. The van der Waals surface area contributed by atoms with Crippen molar-refractivity contribution in [3.63, 3.8) is 0 Å². The molecule has 0 amide bonds. The third kappa shape index (κ3) is 4.93. The molecule has 0 aliphatic heterocycles. The number of aromatic nitrogens is 2. The zero-order valence-electron chi connectivity index (χ0n) is 12.7. The van der Waals surface area contributed by atoms with Crippen molar-refractivity contribution < 1.29 is 8.42 Å². The van der Waals surface area contributed by atoms with E-state index in [2.05, 4.69) is 20.0 Å². The maximum atomic E-state index is 11.8. The highest BCUT2D eigenvalue weighted by Gasteiger charge is 2.09. The van der Waals surface area contributed by atoms with Gasteiger partial charge >= 0.3 is 0 Å². The Hall–Kier alpha value is -2.66. The number of hydrogen-bond acceptors (Lipinski definition) is 6. The van der Waals surface area contributed by atoms with Crippen LogP contribution in [0.2, 0.25) is 0 Å². The number of nitrogens with one attached hydrogen (secondary N) is 2. The fraction of sp³-hybridized carbons (Fsp3) is 0.267. The Bertz CT molecular complexity index is 797. The van der Waals surface area contributed by atoms with Gasteiger partial charge < -0.3 is 5.32 Å². The Morgan fingerprint density at radius 3 is 2.43 bits per heavy atom. The minimum absolute atomic E-state index is 0.106. The molecular formula is C15H17N5O2S. The smallest absolute Gasteiger partial charge is 0.232 e. The van der Waals surface area contributed by atoms with Gasteiger partial charge in [0.05, 0.1) is 5.75 Å². The number of unbranched alkanes of at least 4 members (excludes halogenated alkanes) is 1. The Kier molecular flexibility index (Phi) is 5.49. The van der Waals surface area contributed by atoms with E-state index in [0.29, 0.717) is 23.6 Å². The predicted molar refractivity (Wildman–Crippen MR) is 88.8 cm³/mol. The zero-order chi connectivity index (χ0) is 16.7. The average Bonchev–Trinajstić information content (AvgIpc) is 2.55. The number of anilines is 3. The molecule has 0 fully saturated rings. The molecule has 0 radical (unpaired) electrons. The van der Waals surface area contributed by atoms with E-state index in [0.717, 1.165) is 6.42 Å². The third-order valence-corrected chi connectivity index (χ3v) is 4.36. The Balaban J connectivity index is 2.07. The molecule has 7 nitrogen and oxygen atoms in total. The molecule has 0 spiro atoms. The highest BCUT2D eigenvalue weighted by atomic mass is 32.2. The monoisotopic (exact) mass is 331 g/mol. The van der Waals surface area contributed by atoms with Gasteiger partial charge in [-0.15, -0.1) is 0 Å². The average molecular weight is 331 g/mol. The van der Waals surface area contributed by atoms with Crippen LogP contribution >= 0.6 is 0 Å². The number of rotatable bonds is 7. The lowest BCUT2D eigenvalue weighted by atomic mass is 10.3. The Labute approximate surface area is 135 Å². The van der Waals surface area contributed by atoms with Crippen molar-refractivity contribution in [3.05, 3.63) is 42.4 Å². The van der Waals surface area contributed by atoms with Crippen LogP contribution in [0.25, 0.3) is 0 Å². The zero-order valence-corrected chi connectivity index (χ0v) is 13.5. The van der Waals surface area contributed by atoms with Gasteiger partial charge in [0.15, 0.2) is 11.5 Å². The maximum Gasteiger partial charge on any atom is 0.232 e. The molecule has 2 N–H and O–H groups in total. The van der Waals surface area contributed by atoms with Crippen LogP contribution in [0.15, 0.2) is 36.7 Å². The Morgan fingerprint density at radius 1 is 1.13 bits per heavy atom. The predicted octanol–water partition coefficient (Wildman–Crippen LogP) is 2.63. The second kappa shape index (κ2) is 7.56. The summed E-state index contributed by atoms with van der Waals surface area (Å²) in [6.45, 7) is 1.94. The number of benzene rings is 1. The molecule has 0 saturated carbocycles. The number of nitrogens with zero attached hydrogens (tertiary/aromatic N) is 3. The number of sulfonamides is 1. The third-order valence-electron chi connectivity index (χ3n) is 2.99. The second-order valence-corrected chi connectivity index (χ2v) is 6.68. The van der Waals surface area contributed by atoms with Crippen molar-refractivity contribution in [2.45, 2.75) is 19.8 Å². The summed E-state index contributed by atoms with van der Waals surface area (Å²) >= 11 is 0. The second-order valence-electron chi connectivity index (χ2n) is 4.84. The summed E-state index contributed by atoms with van der Waals surface area (Å²) in [5, 5.41) is 11.9. The Morgan fingerprint density at radius 2 is 1.78 bits per heavy atom. The van der Waals surface area contributed by atoms with E-state index in [4.69, 9.17) is 5.26 Å². The van der Waals surface area contributed by atoms with Gasteiger partial charge in [-0.3, -0.25) is 4.72 Å². The van der Waals surface area contributed by atoms with Crippen molar-refractivity contribution in [2.24, 2.45) is 0 Å². The summed E-state index contributed by atoms with van der Waals surface area (Å²) in [6, 6.07) is 8.65. The summed E-state index contributed by atoms with van der Waals surface area (Å²) in [5.41, 5.74) is 1.36. The topological polar surface area (TPSA) is 108 Å². The van der Waals surface area contributed by atoms with Gasteiger partial charge in [-0.25, -0.2) is 18.4 Å². The van der Waals surface area contributed by atoms with Gasteiger partial charge in [-0.2, -0.15) is 5.26 Å². The van der Waals surface area contributed by atoms with Crippen molar-refractivity contribution >= 4 is 27.2 Å².